The standard InChI is InChI=1S/C22H20B2ClF2N3O4/c23-21(24)8-16(31)29-18(32)17(21)30-10-12-7-11(1-6-15(12)19(30)33)9-28-20(34)22(26,27)13-2-4-14(25)5-3-13/h1-7,17H,8-10,23-24H2,(H,28,34)(H,29,31,32). The average Bonchev–Trinajstić information content (AvgIpc) is 3.06. The zero-order valence-electron chi connectivity index (χ0n) is 18.5. The van der Waals surface area contributed by atoms with Crippen molar-refractivity contribution in [3.8, 4) is 0 Å². The number of nitrogens with one attached hydrogen (secondary N) is 2. The van der Waals surface area contributed by atoms with Crippen molar-refractivity contribution in [2.45, 2.75) is 36.7 Å². The third-order valence-electron chi connectivity index (χ3n) is 6.13. The Morgan fingerprint density at radius 3 is 2.50 bits per heavy atom. The Labute approximate surface area is 201 Å². The van der Waals surface area contributed by atoms with Gasteiger partial charge in [-0.1, -0.05) is 35.9 Å². The van der Waals surface area contributed by atoms with E-state index >= 15 is 0 Å². The summed E-state index contributed by atoms with van der Waals surface area (Å²) in [6.45, 7) is -0.0417. The average molecular weight is 485 g/mol. The smallest absolute Gasteiger partial charge is 0.346 e. The fourth-order valence-electron chi connectivity index (χ4n) is 4.48. The summed E-state index contributed by atoms with van der Waals surface area (Å²) in [5.41, 5.74) is 1.05. The van der Waals surface area contributed by atoms with Crippen molar-refractivity contribution < 1.29 is 28.0 Å². The molecule has 2 N–H and O–H groups in total. The number of hydrogen-bond donors (Lipinski definition) is 2. The van der Waals surface area contributed by atoms with E-state index in [1.165, 1.54) is 17.0 Å². The Balaban J connectivity index is 1.47. The molecule has 7 nitrogen and oxygen atoms in total. The third-order valence-corrected chi connectivity index (χ3v) is 6.38. The van der Waals surface area contributed by atoms with Gasteiger partial charge in [0.25, 0.3) is 11.8 Å². The molecule has 1 saturated heterocycles. The lowest BCUT2D eigenvalue weighted by molar-refractivity contribution is -0.147. The van der Waals surface area contributed by atoms with Crippen LogP contribution in [-0.2, 0) is 33.4 Å². The van der Waals surface area contributed by atoms with Gasteiger partial charge < -0.3 is 10.2 Å². The minimum absolute atomic E-state index is 0.0998. The Bertz CT molecular complexity index is 1210. The van der Waals surface area contributed by atoms with Crippen LogP contribution in [0.2, 0.25) is 10.2 Å². The lowest BCUT2D eigenvalue weighted by Gasteiger charge is -2.41. The van der Waals surface area contributed by atoms with Crippen LogP contribution in [0, 0.1) is 0 Å². The molecule has 2 aromatic rings. The van der Waals surface area contributed by atoms with Gasteiger partial charge in [-0.3, -0.25) is 24.5 Å². The predicted molar refractivity (Wildman–Crippen MR) is 125 cm³/mol. The molecule has 0 bridgehead atoms. The number of carbonyl (C=O) groups is 4. The molecule has 2 heterocycles. The van der Waals surface area contributed by atoms with Crippen LogP contribution in [-0.4, -0.2) is 50.3 Å². The predicted octanol–water partition coefficient (Wildman–Crippen LogP) is 0.502. The molecule has 2 aliphatic rings. The van der Waals surface area contributed by atoms with Gasteiger partial charge in [0.05, 0.1) is 0 Å². The molecule has 1 atom stereocenters. The summed E-state index contributed by atoms with van der Waals surface area (Å²) >= 11 is 5.72. The fraction of sp³-hybridized carbons (Fsp3) is 0.273. The second kappa shape index (κ2) is 8.54. The highest BCUT2D eigenvalue weighted by atomic mass is 35.5. The maximum Gasteiger partial charge on any atom is 0.349 e. The number of benzene rings is 2. The van der Waals surface area contributed by atoms with Crippen molar-refractivity contribution in [2.75, 3.05) is 0 Å². The van der Waals surface area contributed by atoms with Crippen LogP contribution in [0.3, 0.4) is 0 Å². The SMILES string of the molecule is BC1(B)CC(=O)NC(=O)C1N1Cc2cc(CNC(=O)C(F)(F)c3ccc(Cl)cc3)ccc2C1=O. The van der Waals surface area contributed by atoms with Crippen molar-refractivity contribution in [3.63, 3.8) is 0 Å². The summed E-state index contributed by atoms with van der Waals surface area (Å²) in [7, 11) is 3.51. The Hall–Kier alpha value is -3.20. The first kappa shape index (κ1) is 23.9. The molecule has 4 amide bonds. The van der Waals surface area contributed by atoms with Crippen LogP contribution >= 0.6 is 11.6 Å². The number of amides is 4. The summed E-state index contributed by atoms with van der Waals surface area (Å²) in [5.74, 6) is -6.46. The number of carbonyl (C=O) groups excluding carboxylic acids is 4. The molecule has 2 aromatic carbocycles. The number of imide groups is 1. The fourth-order valence-corrected chi connectivity index (χ4v) is 4.60. The molecular formula is C22H20B2ClF2N3O4. The van der Waals surface area contributed by atoms with Crippen molar-refractivity contribution in [1.29, 1.82) is 0 Å². The largest absolute Gasteiger partial charge is 0.349 e. The summed E-state index contributed by atoms with van der Waals surface area (Å²) < 4.78 is 29.0. The molecule has 0 radical (unpaired) electrons. The van der Waals surface area contributed by atoms with Crippen molar-refractivity contribution in [1.82, 2.24) is 15.5 Å². The second-order valence-corrected chi connectivity index (χ2v) is 9.61. The van der Waals surface area contributed by atoms with E-state index < -0.39 is 34.6 Å². The van der Waals surface area contributed by atoms with Crippen LogP contribution in [0.4, 0.5) is 8.78 Å². The van der Waals surface area contributed by atoms with E-state index in [9.17, 15) is 28.0 Å². The minimum atomic E-state index is -3.74. The van der Waals surface area contributed by atoms with Gasteiger partial charge in [-0.2, -0.15) is 8.78 Å². The Kier molecular flexibility index (Phi) is 6.01. The molecule has 0 saturated carbocycles. The van der Waals surface area contributed by atoms with Crippen LogP contribution in [0.1, 0.15) is 33.5 Å². The van der Waals surface area contributed by atoms with Crippen LogP contribution in [0.25, 0.3) is 0 Å². The molecule has 12 heteroatoms. The molecule has 0 spiro atoms. The van der Waals surface area contributed by atoms with E-state index in [4.69, 9.17) is 11.6 Å². The first-order valence-electron chi connectivity index (χ1n) is 10.6. The van der Waals surface area contributed by atoms with Gasteiger partial charge in [-0.05, 0) is 34.5 Å². The second-order valence-electron chi connectivity index (χ2n) is 9.17. The number of rotatable bonds is 5. The highest BCUT2D eigenvalue weighted by Gasteiger charge is 2.48. The van der Waals surface area contributed by atoms with E-state index in [1.54, 1.807) is 33.9 Å². The van der Waals surface area contributed by atoms with E-state index in [0.29, 0.717) is 16.7 Å². The number of fused-ring (bicyclic) bond motifs is 1. The molecule has 1 unspecified atom stereocenters. The number of hydrogen-bond acceptors (Lipinski definition) is 4. The molecule has 34 heavy (non-hydrogen) atoms. The zero-order valence-corrected chi connectivity index (χ0v) is 19.2. The van der Waals surface area contributed by atoms with Crippen LogP contribution in [0.5, 0.6) is 0 Å². The Morgan fingerprint density at radius 1 is 1.18 bits per heavy atom. The van der Waals surface area contributed by atoms with Crippen molar-refractivity contribution in [3.05, 3.63) is 69.7 Å². The first-order chi connectivity index (χ1) is 15.9. The first-order valence-corrected chi connectivity index (χ1v) is 11.0. The maximum atomic E-state index is 14.5. The zero-order chi connectivity index (χ0) is 24.8. The van der Waals surface area contributed by atoms with Crippen LogP contribution < -0.4 is 10.6 Å². The third kappa shape index (κ3) is 4.32. The lowest BCUT2D eigenvalue weighted by atomic mass is 9.47. The van der Waals surface area contributed by atoms with Crippen LogP contribution in [0.15, 0.2) is 42.5 Å². The molecule has 1 fully saturated rings. The van der Waals surface area contributed by atoms with Crippen molar-refractivity contribution >= 4 is 50.9 Å². The summed E-state index contributed by atoms with van der Waals surface area (Å²) in [5, 5.41) is 4.05. The summed E-state index contributed by atoms with van der Waals surface area (Å²) in [4.78, 5) is 50.9. The van der Waals surface area contributed by atoms with Gasteiger partial charge in [0, 0.05) is 35.7 Å². The highest BCUT2D eigenvalue weighted by Crippen LogP contribution is 2.38. The quantitative estimate of drug-likeness (QED) is 0.477. The number of piperidine rings is 1. The van der Waals surface area contributed by atoms with E-state index in [0.717, 1.165) is 12.1 Å². The number of halogens is 3. The van der Waals surface area contributed by atoms with Gasteiger partial charge in [0.2, 0.25) is 11.8 Å². The number of nitrogens with zero attached hydrogens (tertiary/aromatic N) is 1. The Morgan fingerprint density at radius 2 is 1.85 bits per heavy atom. The maximum absolute atomic E-state index is 14.5. The molecule has 174 valence electrons. The monoisotopic (exact) mass is 485 g/mol. The molecule has 4 rings (SSSR count). The lowest BCUT2D eigenvalue weighted by Crippen LogP contribution is -2.60. The molecule has 0 aromatic heterocycles. The summed E-state index contributed by atoms with van der Waals surface area (Å²) in [6, 6.07) is 8.68. The van der Waals surface area contributed by atoms with Gasteiger partial charge in [-0.25, -0.2) is 0 Å². The van der Waals surface area contributed by atoms with Gasteiger partial charge >= 0.3 is 5.92 Å². The highest BCUT2D eigenvalue weighted by molar-refractivity contribution is 6.44. The van der Waals surface area contributed by atoms with E-state index in [2.05, 4.69) is 10.6 Å². The molecular weight excluding hydrogens is 465 g/mol. The van der Waals surface area contributed by atoms with Gasteiger partial charge in [-0.15, -0.1) is 0 Å². The van der Waals surface area contributed by atoms with E-state index in [1.807, 2.05) is 0 Å². The topological polar surface area (TPSA) is 95.6 Å². The van der Waals surface area contributed by atoms with Gasteiger partial charge in [0.15, 0.2) is 0 Å². The van der Waals surface area contributed by atoms with E-state index in [-0.39, 0.29) is 36.3 Å². The van der Waals surface area contributed by atoms with Crippen molar-refractivity contribution in [2.24, 2.45) is 0 Å². The minimum Gasteiger partial charge on any atom is -0.346 e. The molecule has 0 aliphatic carbocycles. The normalized spacial score (nSPS) is 19.6. The summed E-state index contributed by atoms with van der Waals surface area (Å²) in [6.07, 6.45) is 0.0998. The number of alkyl halides is 2. The van der Waals surface area contributed by atoms with Gasteiger partial charge in [0.1, 0.15) is 21.7 Å². The molecule has 2 aliphatic heterocycles.